The van der Waals surface area contributed by atoms with Gasteiger partial charge in [-0.2, -0.15) is 0 Å². The van der Waals surface area contributed by atoms with Gasteiger partial charge in [0.2, 0.25) is 0 Å². The molecule has 3 nitrogen and oxygen atoms in total. The van der Waals surface area contributed by atoms with E-state index in [1.54, 1.807) is 0 Å². The van der Waals surface area contributed by atoms with Crippen molar-refractivity contribution in [1.29, 1.82) is 0 Å². The predicted molar refractivity (Wildman–Crippen MR) is 76.0 cm³/mol. The first-order valence-electron chi connectivity index (χ1n) is 7.43. The van der Waals surface area contributed by atoms with E-state index < -0.39 is 0 Å². The number of nitrogens with two attached hydrogens (primary N) is 1. The van der Waals surface area contributed by atoms with E-state index in [9.17, 15) is 0 Å². The van der Waals surface area contributed by atoms with Crippen LogP contribution in [0.2, 0.25) is 0 Å². The van der Waals surface area contributed by atoms with Gasteiger partial charge < -0.3 is 15.2 Å². The number of ether oxygens (including phenoxy) is 2. The van der Waals surface area contributed by atoms with E-state index in [0.29, 0.717) is 0 Å². The Kier molecular flexibility index (Phi) is 3.40. The molecule has 1 aromatic rings. The van der Waals surface area contributed by atoms with Crippen molar-refractivity contribution in [3.63, 3.8) is 0 Å². The van der Waals surface area contributed by atoms with Crippen LogP contribution in [-0.2, 0) is 11.8 Å². The van der Waals surface area contributed by atoms with Gasteiger partial charge in [0, 0.05) is 23.9 Å². The molecule has 104 valence electrons. The first-order valence-corrected chi connectivity index (χ1v) is 7.43. The van der Waals surface area contributed by atoms with Crippen LogP contribution in [0.15, 0.2) is 12.1 Å². The second-order valence-electron chi connectivity index (χ2n) is 5.66. The van der Waals surface area contributed by atoms with Crippen LogP contribution in [0.1, 0.15) is 43.7 Å². The molecule has 0 aromatic heterocycles. The monoisotopic (exact) mass is 261 g/mol. The molecule has 1 heterocycles. The topological polar surface area (TPSA) is 44.5 Å². The van der Waals surface area contributed by atoms with E-state index in [-0.39, 0.29) is 5.41 Å². The highest BCUT2D eigenvalue weighted by Crippen LogP contribution is 2.48. The Hall–Kier alpha value is -1.22. The van der Waals surface area contributed by atoms with E-state index in [1.165, 1.54) is 30.4 Å². The molecule has 2 N–H and O–H groups in total. The number of hydrogen-bond donors (Lipinski definition) is 1. The average Bonchev–Trinajstić information content (AvgIpc) is 2.63. The van der Waals surface area contributed by atoms with E-state index in [1.807, 2.05) is 0 Å². The highest BCUT2D eigenvalue weighted by atomic mass is 16.5. The summed E-state index contributed by atoms with van der Waals surface area (Å²) >= 11 is 0. The Morgan fingerprint density at radius 1 is 1.16 bits per heavy atom. The van der Waals surface area contributed by atoms with Crippen LogP contribution in [-0.4, -0.2) is 19.8 Å². The van der Waals surface area contributed by atoms with E-state index >= 15 is 0 Å². The van der Waals surface area contributed by atoms with Crippen LogP contribution in [0.4, 0.5) is 0 Å². The number of rotatable bonds is 3. The van der Waals surface area contributed by atoms with Gasteiger partial charge in [0.05, 0.1) is 13.2 Å². The number of benzene rings is 1. The van der Waals surface area contributed by atoms with Gasteiger partial charge in [-0.05, 0) is 30.9 Å². The van der Waals surface area contributed by atoms with Crippen LogP contribution < -0.4 is 15.2 Å². The zero-order valence-electron chi connectivity index (χ0n) is 11.7. The lowest BCUT2D eigenvalue weighted by Crippen LogP contribution is -2.42. The smallest absolute Gasteiger partial charge is 0.164 e. The Morgan fingerprint density at radius 2 is 1.95 bits per heavy atom. The van der Waals surface area contributed by atoms with Crippen LogP contribution >= 0.6 is 0 Å². The molecule has 0 spiro atoms. The van der Waals surface area contributed by atoms with Crippen molar-refractivity contribution >= 4 is 0 Å². The summed E-state index contributed by atoms with van der Waals surface area (Å²) in [6, 6.07) is 4.29. The molecule has 1 aliphatic carbocycles. The molecule has 0 unspecified atom stereocenters. The highest BCUT2D eigenvalue weighted by Gasteiger charge is 2.39. The Labute approximate surface area is 115 Å². The van der Waals surface area contributed by atoms with Gasteiger partial charge >= 0.3 is 0 Å². The van der Waals surface area contributed by atoms with Crippen molar-refractivity contribution in [1.82, 2.24) is 0 Å². The molecule has 0 bridgehead atoms. The Bertz CT molecular complexity index is 461. The summed E-state index contributed by atoms with van der Waals surface area (Å²) in [4.78, 5) is 0. The highest BCUT2D eigenvalue weighted by molar-refractivity contribution is 5.54. The van der Waals surface area contributed by atoms with Crippen molar-refractivity contribution in [2.75, 3.05) is 19.8 Å². The minimum absolute atomic E-state index is 0.191. The zero-order valence-corrected chi connectivity index (χ0v) is 11.7. The largest absolute Gasteiger partial charge is 0.490 e. The summed E-state index contributed by atoms with van der Waals surface area (Å²) in [6.07, 6.45) is 5.62. The summed E-state index contributed by atoms with van der Waals surface area (Å²) in [7, 11) is 0. The summed E-state index contributed by atoms with van der Waals surface area (Å²) < 4.78 is 11.7. The normalized spacial score (nSPS) is 20.5. The molecule has 0 radical (unpaired) electrons. The van der Waals surface area contributed by atoms with Gasteiger partial charge in [0.1, 0.15) is 0 Å². The maximum atomic E-state index is 6.06. The third-order valence-corrected chi connectivity index (χ3v) is 4.64. The zero-order chi connectivity index (χ0) is 13.3. The van der Waals surface area contributed by atoms with Crippen molar-refractivity contribution in [3.05, 3.63) is 23.3 Å². The Balaban J connectivity index is 2.08. The fraction of sp³-hybridized carbons (Fsp3) is 0.625. The van der Waals surface area contributed by atoms with Gasteiger partial charge in [-0.3, -0.25) is 0 Å². The molecular formula is C16H23NO2. The minimum Gasteiger partial charge on any atom is -0.490 e. The fourth-order valence-electron chi connectivity index (χ4n) is 3.33. The van der Waals surface area contributed by atoms with Crippen LogP contribution in [0.5, 0.6) is 11.5 Å². The van der Waals surface area contributed by atoms with Gasteiger partial charge in [0.25, 0.3) is 0 Å². The number of hydrogen-bond acceptors (Lipinski definition) is 3. The number of fused-ring (bicyclic) bond motifs is 1. The molecule has 1 saturated carbocycles. The summed E-state index contributed by atoms with van der Waals surface area (Å²) in [5, 5.41) is 0. The summed E-state index contributed by atoms with van der Waals surface area (Å²) in [6.45, 7) is 4.42. The molecule has 0 atom stereocenters. The van der Waals surface area contributed by atoms with Crippen LogP contribution in [0, 0.1) is 0 Å². The van der Waals surface area contributed by atoms with E-state index in [0.717, 1.165) is 44.1 Å². The minimum atomic E-state index is 0.191. The molecule has 0 saturated heterocycles. The molecule has 1 aromatic carbocycles. The SMILES string of the molecule is CCc1c(C2(CN)CCC2)ccc2c1OCCCO2. The molecule has 3 rings (SSSR count). The van der Waals surface area contributed by atoms with Gasteiger partial charge in [-0.1, -0.05) is 19.4 Å². The van der Waals surface area contributed by atoms with E-state index in [4.69, 9.17) is 15.2 Å². The lowest BCUT2D eigenvalue weighted by Gasteiger charge is -2.43. The maximum absolute atomic E-state index is 6.06. The summed E-state index contributed by atoms with van der Waals surface area (Å²) in [5.41, 5.74) is 8.96. The van der Waals surface area contributed by atoms with Crippen molar-refractivity contribution in [3.8, 4) is 11.5 Å². The van der Waals surface area contributed by atoms with Crippen LogP contribution in [0.3, 0.4) is 0 Å². The standard InChI is InChI=1S/C16H23NO2/c1-2-12-13(16(11-17)7-3-8-16)5-6-14-15(12)19-10-4-9-18-14/h5-6H,2-4,7-11,17H2,1H3. The molecule has 19 heavy (non-hydrogen) atoms. The van der Waals surface area contributed by atoms with Gasteiger partial charge in [0.15, 0.2) is 11.5 Å². The lowest BCUT2D eigenvalue weighted by atomic mass is 9.63. The first-order chi connectivity index (χ1) is 9.30. The van der Waals surface area contributed by atoms with Gasteiger partial charge in [-0.25, -0.2) is 0 Å². The molecule has 1 aliphatic heterocycles. The predicted octanol–water partition coefficient (Wildman–Crippen LogP) is 2.79. The summed E-state index contributed by atoms with van der Waals surface area (Å²) in [5.74, 6) is 1.88. The first kappa shape index (κ1) is 12.8. The lowest BCUT2D eigenvalue weighted by molar-refractivity contribution is 0.249. The van der Waals surface area contributed by atoms with Gasteiger partial charge in [-0.15, -0.1) is 0 Å². The quantitative estimate of drug-likeness (QED) is 0.910. The van der Waals surface area contributed by atoms with Crippen LogP contribution in [0.25, 0.3) is 0 Å². The van der Waals surface area contributed by atoms with Crippen molar-refractivity contribution in [2.24, 2.45) is 5.73 Å². The van der Waals surface area contributed by atoms with E-state index in [2.05, 4.69) is 19.1 Å². The second kappa shape index (κ2) is 5.04. The molecule has 0 amide bonds. The molecular weight excluding hydrogens is 238 g/mol. The third kappa shape index (κ3) is 2.00. The molecule has 3 heteroatoms. The van der Waals surface area contributed by atoms with Crippen molar-refractivity contribution < 1.29 is 9.47 Å². The second-order valence-corrected chi connectivity index (χ2v) is 5.66. The molecule has 1 fully saturated rings. The Morgan fingerprint density at radius 3 is 2.58 bits per heavy atom. The molecule has 2 aliphatic rings. The third-order valence-electron chi connectivity index (χ3n) is 4.64. The fourth-order valence-corrected chi connectivity index (χ4v) is 3.33. The van der Waals surface area contributed by atoms with Crippen molar-refractivity contribution in [2.45, 2.75) is 44.4 Å². The average molecular weight is 261 g/mol. The maximum Gasteiger partial charge on any atom is 0.164 e.